The molecule has 2 rings (SSSR count). The summed E-state index contributed by atoms with van der Waals surface area (Å²) in [6.45, 7) is 0. The molecule has 0 atom stereocenters. The first-order valence-corrected chi connectivity index (χ1v) is 7.25. The molecule has 0 saturated heterocycles. The zero-order valence-corrected chi connectivity index (χ0v) is 12.7. The van der Waals surface area contributed by atoms with Gasteiger partial charge >= 0.3 is 0 Å². The van der Waals surface area contributed by atoms with Gasteiger partial charge in [-0.05, 0) is 52.1 Å². The molecule has 0 unspecified atom stereocenters. The van der Waals surface area contributed by atoms with Crippen molar-refractivity contribution < 1.29 is 9.53 Å². The van der Waals surface area contributed by atoms with Crippen LogP contribution in [0.3, 0.4) is 0 Å². The SMILES string of the molecule is COc1cc(NC(=O)CC2(CS)CC2)ccc1Br. The highest BCUT2D eigenvalue weighted by atomic mass is 79.9. The fourth-order valence-corrected chi connectivity index (χ4v) is 2.69. The van der Waals surface area contributed by atoms with Gasteiger partial charge in [0.1, 0.15) is 5.75 Å². The summed E-state index contributed by atoms with van der Waals surface area (Å²) in [4.78, 5) is 11.9. The average molecular weight is 330 g/mol. The van der Waals surface area contributed by atoms with Crippen molar-refractivity contribution in [2.75, 3.05) is 18.2 Å². The zero-order chi connectivity index (χ0) is 13.2. The second-order valence-corrected chi connectivity index (χ2v) is 5.90. The molecule has 18 heavy (non-hydrogen) atoms. The lowest BCUT2D eigenvalue weighted by atomic mass is 10.1. The molecule has 0 heterocycles. The number of anilines is 1. The van der Waals surface area contributed by atoms with Crippen molar-refractivity contribution in [3.63, 3.8) is 0 Å². The first-order chi connectivity index (χ1) is 8.58. The summed E-state index contributed by atoms with van der Waals surface area (Å²) in [6, 6.07) is 5.52. The van der Waals surface area contributed by atoms with Gasteiger partial charge in [0, 0.05) is 18.2 Å². The molecule has 1 N–H and O–H groups in total. The number of carbonyl (C=O) groups is 1. The standard InChI is InChI=1S/C13H16BrNO2S/c1-17-11-6-9(2-3-10(11)14)15-12(16)7-13(8-18)4-5-13/h2-3,6,18H,4-5,7-8H2,1H3,(H,15,16). The van der Waals surface area contributed by atoms with Gasteiger partial charge in [-0.2, -0.15) is 12.6 Å². The van der Waals surface area contributed by atoms with Crippen molar-refractivity contribution in [3.05, 3.63) is 22.7 Å². The summed E-state index contributed by atoms with van der Waals surface area (Å²) < 4.78 is 6.06. The quantitative estimate of drug-likeness (QED) is 0.811. The highest BCUT2D eigenvalue weighted by Gasteiger charge is 2.42. The van der Waals surface area contributed by atoms with Crippen LogP contribution in [-0.4, -0.2) is 18.8 Å². The number of amides is 1. The van der Waals surface area contributed by atoms with E-state index in [1.54, 1.807) is 7.11 Å². The third kappa shape index (κ3) is 3.20. The van der Waals surface area contributed by atoms with E-state index < -0.39 is 0 Å². The van der Waals surface area contributed by atoms with Crippen molar-refractivity contribution in [2.45, 2.75) is 19.3 Å². The van der Waals surface area contributed by atoms with Gasteiger partial charge < -0.3 is 10.1 Å². The van der Waals surface area contributed by atoms with Crippen molar-refractivity contribution >= 4 is 40.2 Å². The molecule has 0 aromatic heterocycles. The lowest BCUT2D eigenvalue weighted by molar-refractivity contribution is -0.117. The molecule has 1 fully saturated rings. The van der Waals surface area contributed by atoms with Crippen LogP contribution in [0.5, 0.6) is 5.75 Å². The van der Waals surface area contributed by atoms with Crippen LogP contribution >= 0.6 is 28.6 Å². The Morgan fingerprint density at radius 2 is 2.28 bits per heavy atom. The largest absolute Gasteiger partial charge is 0.495 e. The van der Waals surface area contributed by atoms with Crippen molar-refractivity contribution in [1.82, 2.24) is 0 Å². The number of methoxy groups -OCH3 is 1. The number of carbonyl (C=O) groups excluding carboxylic acids is 1. The molecule has 0 bridgehead atoms. The number of halogens is 1. The molecule has 3 nitrogen and oxygen atoms in total. The first-order valence-electron chi connectivity index (χ1n) is 5.83. The third-order valence-electron chi connectivity index (χ3n) is 3.26. The van der Waals surface area contributed by atoms with Gasteiger partial charge in [0.25, 0.3) is 0 Å². The van der Waals surface area contributed by atoms with Gasteiger partial charge in [0.15, 0.2) is 0 Å². The minimum atomic E-state index is 0.0472. The Bertz CT molecular complexity index is 460. The Kier molecular flexibility index (Phi) is 4.22. The molecule has 1 amide bonds. The topological polar surface area (TPSA) is 38.3 Å². The van der Waals surface area contributed by atoms with Gasteiger partial charge in [-0.3, -0.25) is 4.79 Å². The lowest BCUT2D eigenvalue weighted by Gasteiger charge is -2.12. The van der Waals surface area contributed by atoms with Crippen LogP contribution < -0.4 is 10.1 Å². The fourth-order valence-electron chi connectivity index (χ4n) is 1.85. The minimum Gasteiger partial charge on any atom is -0.495 e. The van der Waals surface area contributed by atoms with E-state index in [-0.39, 0.29) is 11.3 Å². The van der Waals surface area contributed by atoms with E-state index in [1.807, 2.05) is 18.2 Å². The van der Waals surface area contributed by atoms with Gasteiger partial charge in [0.2, 0.25) is 5.91 Å². The van der Waals surface area contributed by atoms with Crippen molar-refractivity contribution in [1.29, 1.82) is 0 Å². The highest BCUT2D eigenvalue weighted by Crippen LogP contribution is 2.49. The molecule has 1 saturated carbocycles. The van der Waals surface area contributed by atoms with Crippen LogP contribution in [0.2, 0.25) is 0 Å². The maximum Gasteiger partial charge on any atom is 0.224 e. The van der Waals surface area contributed by atoms with E-state index in [4.69, 9.17) is 4.74 Å². The average Bonchev–Trinajstić information content (AvgIpc) is 3.12. The second-order valence-electron chi connectivity index (χ2n) is 4.73. The summed E-state index contributed by atoms with van der Waals surface area (Å²) in [5.74, 6) is 1.54. The van der Waals surface area contributed by atoms with E-state index in [0.717, 1.165) is 28.8 Å². The van der Waals surface area contributed by atoms with Crippen LogP contribution in [-0.2, 0) is 4.79 Å². The fraction of sp³-hybridized carbons (Fsp3) is 0.462. The summed E-state index contributed by atoms with van der Waals surface area (Å²) in [6.07, 6.45) is 2.76. The Balaban J connectivity index is 1.98. The predicted octanol–water partition coefficient (Wildman–Crippen LogP) is 3.50. The van der Waals surface area contributed by atoms with E-state index in [0.29, 0.717) is 12.2 Å². The third-order valence-corrected chi connectivity index (χ3v) is 4.59. The lowest BCUT2D eigenvalue weighted by Crippen LogP contribution is -2.18. The molecule has 1 aromatic rings. The van der Waals surface area contributed by atoms with Crippen LogP contribution in [0.1, 0.15) is 19.3 Å². The zero-order valence-electron chi connectivity index (χ0n) is 10.2. The molecule has 98 valence electrons. The Morgan fingerprint density at radius 3 is 2.83 bits per heavy atom. The van der Waals surface area contributed by atoms with Gasteiger partial charge in [-0.15, -0.1) is 0 Å². The smallest absolute Gasteiger partial charge is 0.224 e. The maximum atomic E-state index is 11.9. The maximum absolute atomic E-state index is 11.9. The van der Waals surface area contributed by atoms with E-state index in [9.17, 15) is 4.79 Å². The Hall–Kier alpha value is -0.680. The monoisotopic (exact) mass is 329 g/mol. The second kappa shape index (κ2) is 5.53. The molecule has 0 spiro atoms. The molecule has 5 heteroatoms. The molecule has 0 aliphatic heterocycles. The van der Waals surface area contributed by atoms with E-state index in [2.05, 4.69) is 33.9 Å². The molecule has 1 aliphatic carbocycles. The Labute approximate surface area is 121 Å². The molecule has 1 aliphatic rings. The predicted molar refractivity (Wildman–Crippen MR) is 79.5 cm³/mol. The number of hydrogen-bond acceptors (Lipinski definition) is 3. The van der Waals surface area contributed by atoms with E-state index in [1.165, 1.54) is 0 Å². The Morgan fingerprint density at radius 1 is 1.56 bits per heavy atom. The number of hydrogen-bond donors (Lipinski definition) is 2. The first kappa shape index (κ1) is 13.7. The van der Waals surface area contributed by atoms with Crippen molar-refractivity contribution in [2.24, 2.45) is 5.41 Å². The number of ether oxygens (including phenoxy) is 1. The summed E-state index contributed by atoms with van der Waals surface area (Å²) in [5.41, 5.74) is 0.905. The summed E-state index contributed by atoms with van der Waals surface area (Å²) in [5, 5.41) is 2.90. The van der Waals surface area contributed by atoms with Gasteiger partial charge in [0.05, 0.1) is 11.6 Å². The van der Waals surface area contributed by atoms with Gasteiger partial charge in [-0.25, -0.2) is 0 Å². The molecule has 1 aromatic carbocycles. The summed E-state index contributed by atoms with van der Waals surface area (Å²) >= 11 is 7.68. The van der Waals surface area contributed by atoms with Crippen LogP contribution in [0.15, 0.2) is 22.7 Å². The molecule has 0 radical (unpaired) electrons. The van der Waals surface area contributed by atoms with Crippen LogP contribution in [0.4, 0.5) is 5.69 Å². The van der Waals surface area contributed by atoms with E-state index >= 15 is 0 Å². The number of benzene rings is 1. The number of thiol groups is 1. The molecular weight excluding hydrogens is 314 g/mol. The van der Waals surface area contributed by atoms with Crippen molar-refractivity contribution in [3.8, 4) is 5.75 Å². The summed E-state index contributed by atoms with van der Waals surface area (Å²) in [7, 11) is 1.60. The minimum absolute atomic E-state index is 0.0472. The van der Waals surface area contributed by atoms with Crippen LogP contribution in [0, 0.1) is 5.41 Å². The number of rotatable bonds is 5. The highest BCUT2D eigenvalue weighted by molar-refractivity contribution is 9.10. The van der Waals surface area contributed by atoms with Crippen LogP contribution in [0.25, 0.3) is 0 Å². The molecular formula is C13H16BrNO2S. The number of nitrogens with one attached hydrogen (secondary N) is 1. The van der Waals surface area contributed by atoms with Gasteiger partial charge in [-0.1, -0.05) is 0 Å². The normalized spacial score (nSPS) is 16.2.